The van der Waals surface area contributed by atoms with Crippen LogP contribution in [0.15, 0.2) is 6.07 Å². The molecule has 19 heavy (non-hydrogen) atoms. The Morgan fingerprint density at radius 1 is 1.00 bits per heavy atom. The van der Waals surface area contributed by atoms with Crippen molar-refractivity contribution in [2.24, 2.45) is 0 Å². The summed E-state index contributed by atoms with van der Waals surface area (Å²) in [5, 5.41) is 0.594. The largest absolute Gasteiger partial charge is 0.237 e. The van der Waals surface area contributed by atoms with Gasteiger partial charge in [-0.1, -0.05) is 64.5 Å². The maximum Gasteiger partial charge on any atom is 0.133 e. The van der Waals surface area contributed by atoms with Gasteiger partial charge >= 0.3 is 0 Å². The minimum atomic E-state index is 0.0307. The summed E-state index contributed by atoms with van der Waals surface area (Å²) in [6.45, 7) is 6.52. The third-order valence-electron chi connectivity index (χ3n) is 3.95. The molecule has 0 amide bonds. The van der Waals surface area contributed by atoms with Crippen LogP contribution in [0.25, 0.3) is 0 Å². The lowest BCUT2D eigenvalue weighted by molar-refractivity contribution is 0.438. The molecule has 0 spiro atoms. The fourth-order valence-electron chi connectivity index (χ4n) is 2.72. The monoisotopic (exact) mass is 280 g/mol. The number of rotatable bonds is 1. The second kappa shape index (κ2) is 6.21. The fraction of sp³-hybridized carbons (Fsp3) is 0.750. The molecule has 0 radical (unpaired) electrons. The fourth-order valence-corrected chi connectivity index (χ4v) is 2.91. The lowest BCUT2D eigenvalue weighted by Gasteiger charge is -2.22. The van der Waals surface area contributed by atoms with Crippen LogP contribution in [-0.4, -0.2) is 9.97 Å². The number of hydrogen-bond donors (Lipinski definition) is 0. The molecule has 1 aromatic heterocycles. The van der Waals surface area contributed by atoms with Crippen LogP contribution in [0, 0.1) is 0 Å². The van der Waals surface area contributed by atoms with Gasteiger partial charge in [0.15, 0.2) is 0 Å². The van der Waals surface area contributed by atoms with Crippen LogP contribution < -0.4 is 0 Å². The molecule has 3 heteroatoms. The third-order valence-corrected chi connectivity index (χ3v) is 4.14. The van der Waals surface area contributed by atoms with E-state index in [0.717, 1.165) is 11.5 Å². The second-order valence-corrected chi connectivity index (χ2v) is 7.11. The molecule has 0 atom stereocenters. The molecule has 1 aliphatic carbocycles. The quantitative estimate of drug-likeness (QED) is 0.656. The van der Waals surface area contributed by atoms with E-state index in [1.54, 1.807) is 0 Å². The molecule has 0 aliphatic heterocycles. The van der Waals surface area contributed by atoms with Crippen molar-refractivity contribution in [1.82, 2.24) is 9.97 Å². The van der Waals surface area contributed by atoms with Crippen molar-refractivity contribution in [3.63, 3.8) is 0 Å². The van der Waals surface area contributed by atoms with Crippen LogP contribution in [-0.2, 0) is 5.41 Å². The molecule has 2 nitrogen and oxygen atoms in total. The van der Waals surface area contributed by atoms with Crippen LogP contribution >= 0.6 is 11.6 Å². The number of halogens is 1. The van der Waals surface area contributed by atoms with Gasteiger partial charge in [0.25, 0.3) is 0 Å². The second-order valence-electron chi connectivity index (χ2n) is 6.73. The van der Waals surface area contributed by atoms with Crippen molar-refractivity contribution in [2.45, 2.75) is 77.0 Å². The molecule has 1 aliphatic rings. The minimum absolute atomic E-state index is 0.0307. The van der Waals surface area contributed by atoms with E-state index in [0.29, 0.717) is 11.1 Å². The highest BCUT2D eigenvalue weighted by Gasteiger charge is 2.21. The van der Waals surface area contributed by atoms with E-state index in [1.165, 1.54) is 44.9 Å². The molecule has 1 heterocycles. The summed E-state index contributed by atoms with van der Waals surface area (Å²) >= 11 is 6.20. The molecule has 0 saturated heterocycles. The average molecular weight is 281 g/mol. The summed E-state index contributed by atoms with van der Waals surface area (Å²) in [6, 6.07) is 1.91. The molecular weight excluding hydrogens is 256 g/mol. The Labute approximate surface area is 122 Å². The molecule has 0 N–H and O–H groups in total. The first-order chi connectivity index (χ1) is 8.97. The number of nitrogens with zero attached hydrogens (tertiary/aromatic N) is 2. The van der Waals surface area contributed by atoms with Crippen LogP contribution in [0.5, 0.6) is 0 Å². The van der Waals surface area contributed by atoms with Crippen LogP contribution in [0.1, 0.15) is 83.2 Å². The standard InChI is InChI=1S/C16H25ClN2/c1-16(2,3)13-11-14(17)19-15(18-13)12-9-7-5-4-6-8-10-12/h11-12H,4-10H2,1-3H3. The maximum absolute atomic E-state index is 6.20. The summed E-state index contributed by atoms with van der Waals surface area (Å²) in [5.41, 5.74) is 1.09. The van der Waals surface area contributed by atoms with E-state index >= 15 is 0 Å². The lowest BCUT2D eigenvalue weighted by Crippen LogP contribution is -2.17. The Bertz CT molecular complexity index is 415. The summed E-state index contributed by atoms with van der Waals surface area (Å²) in [4.78, 5) is 9.30. The summed E-state index contributed by atoms with van der Waals surface area (Å²) in [6.07, 6.45) is 9.10. The molecule has 2 rings (SSSR count). The van der Waals surface area contributed by atoms with E-state index in [1.807, 2.05) is 6.07 Å². The third kappa shape index (κ3) is 4.17. The molecule has 106 valence electrons. The smallest absolute Gasteiger partial charge is 0.133 e. The van der Waals surface area contributed by atoms with E-state index in [2.05, 4.69) is 25.8 Å². The predicted octanol–water partition coefficient (Wildman–Crippen LogP) is 5.26. The van der Waals surface area contributed by atoms with E-state index < -0.39 is 0 Å². The topological polar surface area (TPSA) is 25.8 Å². The first kappa shape index (κ1) is 14.8. The van der Waals surface area contributed by atoms with Gasteiger partial charge in [0.1, 0.15) is 11.0 Å². The molecule has 0 aromatic carbocycles. The Kier molecular flexibility index (Phi) is 4.83. The van der Waals surface area contributed by atoms with E-state index in [9.17, 15) is 0 Å². The predicted molar refractivity (Wildman–Crippen MR) is 80.8 cm³/mol. The normalized spacial score (nSPS) is 18.9. The van der Waals surface area contributed by atoms with Gasteiger partial charge in [0.05, 0.1) is 5.69 Å². The Morgan fingerprint density at radius 3 is 2.16 bits per heavy atom. The van der Waals surface area contributed by atoms with Gasteiger partial charge in [-0.2, -0.15) is 0 Å². The Morgan fingerprint density at radius 2 is 1.58 bits per heavy atom. The van der Waals surface area contributed by atoms with Crippen molar-refractivity contribution in [3.8, 4) is 0 Å². The SMILES string of the molecule is CC(C)(C)c1cc(Cl)nc(C2CCCCCCC2)n1. The number of aromatic nitrogens is 2. The molecule has 1 fully saturated rings. The van der Waals surface area contributed by atoms with Crippen molar-refractivity contribution >= 4 is 11.6 Å². The highest BCUT2D eigenvalue weighted by atomic mass is 35.5. The molecule has 1 aromatic rings. The molecule has 0 unspecified atom stereocenters. The number of hydrogen-bond acceptors (Lipinski definition) is 2. The van der Waals surface area contributed by atoms with Crippen molar-refractivity contribution < 1.29 is 0 Å². The van der Waals surface area contributed by atoms with Crippen LogP contribution in [0.2, 0.25) is 5.15 Å². The van der Waals surface area contributed by atoms with Gasteiger partial charge in [-0.05, 0) is 18.9 Å². The summed E-state index contributed by atoms with van der Waals surface area (Å²) in [5.74, 6) is 1.47. The molecular formula is C16H25ClN2. The van der Waals surface area contributed by atoms with E-state index in [-0.39, 0.29) is 5.41 Å². The Hall–Kier alpha value is -0.630. The molecule has 0 bridgehead atoms. The van der Waals surface area contributed by atoms with Gasteiger partial charge in [-0.15, -0.1) is 0 Å². The van der Waals surface area contributed by atoms with Gasteiger partial charge in [0, 0.05) is 11.3 Å². The first-order valence-corrected chi connectivity index (χ1v) is 7.89. The van der Waals surface area contributed by atoms with Crippen molar-refractivity contribution in [1.29, 1.82) is 0 Å². The van der Waals surface area contributed by atoms with Crippen LogP contribution in [0.4, 0.5) is 0 Å². The Balaban J connectivity index is 2.24. The highest BCUT2D eigenvalue weighted by Crippen LogP contribution is 2.31. The molecule has 1 saturated carbocycles. The first-order valence-electron chi connectivity index (χ1n) is 7.52. The lowest BCUT2D eigenvalue weighted by atomic mass is 9.89. The van der Waals surface area contributed by atoms with Crippen molar-refractivity contribution in [3.05, 3.63) is 22.7 Å². The van der Waals surface area contributed by atoms with Crippen molar-refractivity contribution in [2.75, 3.05) is 0 Å². The zero-order valence-electron chi connectivity index (χ0n) is 12.4. The maximum atomic E-state index is 6.20. The van der Waals surface area contributed by atoms with Gasteiger partial charge < -0.3 is 0 Å². The highest BCUT2D eigenvalue weighted by molar-refractivity contribution is 6.29. The zero-order chi connectivity index (χ0) is 13.9. The van der Waals surface area contributed by atoms with Gasteiger partial charge in [-0.25, -0.2) is 9.97 Å². The van der Waals surface area contributed by atoms with Gasteiger partial charge in [0.2, 0.25) is 0 Å². The van der Waals surface area contributed by atoms with E-state index in [4.69, 9.17) is 16.6 Å². The summed E-state index contributed by atoms with van der Waals surface area (Å²) in [7, 11) is 0. The minimum Gasteiger partial charge on any atom is -0.237 e. The average Bonchev–Trinajstić information content (AvgIpc) is 2.26. The van der Waals surface area contributed by atoms with Gasteiger partial charge in [-0.3, -0.25) is 0 Å². The zero-order valence-corrected chi connectivity index (χ0v) is 13.1. The summed E-state index contributed by atoms with van der Waals surface area (Å²) < 4.78 is 0. The van der Waals surface area contributed by atoms with Crippen LogP contribution in [0.3, 0.4) is 0 Å².